The molecule has 0 unspecified atom stereocenters. The van der Waals surface area contributed by atoms with Crippen LogP contribution >= 0.6 is 0 Å². The first kappa shape index (κ1) is 9.12. The van der Waals surface area contributed by atoms with Crippen molar-refractivity contribution in [3.8, 4) is 0 Å². The van der Waals surface area contributed by atoms with E-state index in [0.29, 0.717) is 0 Å². The summed E-state index contributed by atoms with van der Waals surface area (Å²) in [6.45, 7) is 6.10. The molecule has 3 nitrogen and oxygen atoms in total. The summed E-state index contributed by atoms with van der Waals surface area (Å²) in [5.74, 6) is -0.337. The van der Waals surface area contributed by atoms with Crippen molar-refractivity contribution < 1.29 is 4.39 Å². The molecule has 0 radical (unpaired) electrons. The molecule has 14 heavy (non-hydrogen) atoms. The Hall–Kier alpha value is -1.45. The second-order valence-electron chi connectivity index (χ2n) is 4.32. The molecular weight excluding hydrogens is 181 g/mol. The fourth-order valence-electron chi connectivity index (χ4n) is 1.23. The SMILES string of the molecule is CC(C)(C)c1cn2nccc(F)c2n1. The van der Waals surface area contributed by atoms with E-state index in [4.69, 9.17) is 0 Å². The molecule has 74 valence electrons. The number of fused-ring (bicyclic) bond motifs is 1. The van der Waals surface area contributed by atoms with Gasteiger partial charge < -0.3 is 0 Å². The molecule has 2 heterocycles. The Labute approximate surface area is 81.6 Å². The molecular formula is C10H12FN3. The predicted octanol–water partition coefficient (Wildman–Crippen LogP) is 2.17. The number of nitrogens with zero attached hydrogens (tertiary/aromatic N) is 3. The van der Waals surface area contributed by atoms with Crippen molar-refractivity contribution in [2.75, 3.05) is 0 Å². The Morgan fingerprint density at radius 1 is 1.36 bits per heavy atom. The molecule has 0 atom stereocenters. The second kappa shape index (κ2) is 2.77. The van der Waals surface area contributed by atoms with Crippen LogP contribution in [-0.4, -0.2) is 14.6 Å². The number of hydrogen-bond acceptors (Lipinski definition) is 2. The molecule has 4 heteroatoms. The Bertz CT molecular complexity index is 468. The third-order valence-corrected chi connectivity index (χ3v) is 2.08. The van der Waals surface area contributed by atoms with Crippen LogP contribution in [0.15, 0.2) is 18.5 Å². The first-order chi connectivity index (χ1) is 6.48. The summed E-state index contributed by atoms with van der Waals surface area (Å²) in [7, 11) is 0. The highest BCUT2D eigenvalue weighted by molar-refractivity contribution is 5.40. The molecule has 0 spiro atoms. The standard InChI is InChI=1S/C10H12FN3/c1-10(2,3)8-6-14-9(13-8)7(11)4-5-12-14/h4-6H,1-3H3. The molecule has 0 saturated carbocycles. The molecule has 0 bridgehead atoms. The fraction of sp³-hybridized carbons (Fsp3) is 0.400. The topological polar surface area (TPSA) is 30.2 Å². The van der Waals surface area contributed by atoms with Crippen LogP contribution in [0.4, 0.5) is 4.39 Å². The van der Waals surface area contributed by atoms with Gasteiger partial charge in [0.2, 0.25) is 0 Å². The molecule has 2 aromatic heterocycles. The summed E-state index contributed by atoms with van der Waals surface area (Å²) < 4.78 is 14.7. The maximum absolute atomic E-state index is 13.3. The highest BCUT2D eigenvalue weighted by Crippen LogP contribution is 2.21. The monoisotopic (exact) mass is 193 g/mol. The van der Waals surface area contributed by atoms with Gasteiger partial charge in [0.05, 0.1) is 18.1 Å². The molecule has 0 aliphatic heterocycles. The predicted molar refractivity (Wildman–Crippen MR) is 51.6 cm³/mol. The van der Waals surface area contributed by atoms with Gasteiger partial charge in [0, 0.05) is 5.41 Å². The Balaban J connectivity index is 2.69. The third-order valence-electron chi connectivity index (χ3n) is 2.08. The molecule has 0 N–H and O–H groups in total. The van der Waals surface area contributed by atoms with E-state index in [-0.39, 0.29) is 16.9 Å². The number of rotatable bonds is 0. The van der Waals surface area contributed by atoms with Crippen LogP contribution in [0.2, 0.25) is 0 Å². The van der Waals surface area contributed by atoms with Crippen molar-refractivity contribution in [2.24, 2.45) is 0 Å². The summed E-state index contributed by atoms with van der Waals surface area (Å²) in [5, 5.41) is 3.99. The van der Waals surface area contributed by atoms with Gasteiger partial charge in [-0.1, -0.05) is 20.8 Å². The van der Waals surface area contributed by atoms with Crippen LogP contribution in [0.25, 0.3) is 5.65 Å². The van der Waals surface area contributed by atoms with Gasteiger partial charge in [0.15, 0.2) is 11.5 Å². The van der Waals surface area contributed by atoms with Crippen molar-refractivity contribution in [3.05, 3.63) is 30.0 Å². The van der Waals surface area contributed by atoms with Gasteiger partial charge in [0.25, 0.3) is 0 Å². The van der Waals surface area contributed by atoms with Crippen LogP contribution in [0.5, 0.6) is 0 Å². The summed E-state index contributed by atoms with van der Waals surface area (Å²) >= 11 is 0. The molecule has 0 aliphatic carbocycles. The number of hydrogen-bond donors (Lipinski definition) is 0. The normalized spacial score (nSPS) is 12.3. The Morgan fingerprint density at radius 2 is 2.07 bits per heavy atom. The maximum Gasteiger partial charge on any atom is 0.190 e. The molecule has 0 aliphatic rings. The van der Waals surface area contributed by atoms with E-state index in [1.807, 2.05) is 20.8 Å². The minimum absolute atomic E-state index is 0.0832. The fourth-order valence-corrected chi connectivity index (χ4v) is 1.23. The van der Waals surface area contributed by atoms with Crippen LogP contribution in [0.3, 0.4) is 0 Å². The zero-order valence-electron chi connectivity index (χ0n) is 8.45. The second-order valence-corrected chi connectivity index (χ2v) is 4.32. The summed E-state index contributed by atoms with van der Waals surface area (Å²) in [4.78, 5) is 4.21. The zero-order valence-corrected chi connectivity index (χ0v) is 8.45. The average molecular weight is 193 g/mol. The number of aromatic nitrogens is 3. The molecule has 0 saturated heterocycles. The molecule has 2 aromatic rings. The van der Waals surface area contributed by atoms with E-state index in [2.05, 4.69) is 10.1 Å². The zero-order chi connectivity index (χ0) is 10.3. The number of halogens is 1. The molecule has 2 rings (SSSR count). The van der Waals surface area contributed by atoms with Crippen LogP contribution in [0.1, 0.15) is 26.5 Å². The Morgan fingerprint density at radius 3 is 2.64 bits per heavy atom. The lowest BCUT2D eigenvalue weighted by molar-refractivity contribution is 0.572. The summed E-state index contributed by atoms with van der Waals surface area (Å²) in [6.07, 6.45) is 3.19. The molecule has 0 aromatic carbocycles. The van der Waals surface area contributed by atoms with Gasteiger partial charge in [-0.15, -0.1) is 0 Å². The summed E-state index contributed by atoms with van der Waals surface area (Å²) in [5.41, 5.74) is 1.05. The lowest BCUT2D eigenvalue weighted by atomic mass is 9.93. The van der Waals surface area contributed by atoms with Crippen LogP contribution in [0, 0.1) is 5.82 Å². The highest BCUT2D eigenvalue weighted by atomic mass is 19.1. The van der Waals surface area contributed by atoms with Crippen molar-refractivity contribution in [1.29, 1.82) is 0 Å². The van der Waals surface area contributed by atoms with Gasteiger partial charge in [-0.3, -0.25) is 0 Å². The van der Waals surface area contributed by atoms with Gasteiger partial charge in [-0.05, 0) is 6.07 Å². The summed E-state index contributed by atoms with van der Waals surface area (Å²) in [6, 6.07) is 1.31. The van der Waals surface area contributed by atoms with Gasteiger partial charge in [-0.2, -0.15) is 5.10 Å². The molecule has 0 fully saturated rings. The van der Waals surface area contributed by atoms with Gasteiger partial charge in [-0.25, -0.2) is 13.9 Å². The van der Waals surface area contributed by atoms with E-state index in [1.54, 1.807) is 6.20 Å². The van der Waals surface area contributed by atoms with E-state index in [9.17, 15) is 4.39 Å². The minimum atomic E-state index is -0.337. The maximum atomic E-state index is 13.3. The van der Waals surface area contributed by atoms with E-state index >= 15 is 0 Å². The largest absolute Gasteiger partial charge is 0.229 e. The van der Waals surface area contributed by atoms with Crippen molar-refractivity contribution >= 4 is 5.65 Å². The minimum Gasteiger partial charge on any atom is -0.229 e. The van der Waals surface area contributed by atoms with E-state index in [0.717, 1.165) is 5.69 Å². The quantitative estimate of drug-likeness (QED) is 0.641. The lowest BCUT2D eigenvalue weighted by Crippen LogP contribution is -2.11. The first-order valence-electron chi connectivity index (χ1n) is 4.49. The van der Waals surface area contributed by atoms with Crippen molar-refractivity contribution in [2.45, 2.75) is 26.2 Å². The van der Waals surface area contributed by atoms with E-state index in [1.165, 1.54) is 16.8 Å². The third kappa shape index (κ3) is 1.36. The number of imidazole rings is 1. The first-order valence-corrected chi connectivity index (χ1v) is 4.49. The van der Waals surface area contributed by atoms with Crippen LogP contribution < -0.4 is 0 Å². The smallest absolute Gasteiger partial charge is 0.190 e. The lowest BCUT2D eigenvalue weighted by Gasteiger charge is -2.13. The van der Waals surface area contributed by atoms with Crippen LogP contribution in [-0.2, 0) is 5.41 Å². The average Bonchev–Trinajstić information content (AvgIpc) is 2.48. The van der Waals surface area contributed by atoms with E-state index < -0.39 is 0 Å². The van der Waals surface area contributed by atoms with Gasteiger partial charge in [0.1, 0.15) is 0 Å². The molecule has 0 amide bonds. The Kier molecular flexibility index (Phi) is 1.80. The van der Waals surface area contributed by atoms with Crippen molar-refractivity contribution in [1.82, 2.24) is 14.6 Å². The highest BCUT2D eigenvalue weighted by Gasteiger charge is 2.18. The van der Waals surface area contributed by atoms with Crippen molar-refractivity contribution in [3.63, 3.8) is 0 Å². The van der Waals surface area contributed by atoms with Gasteiger partial charge >= 0.3 is 0 Å².